The molecule has 1 unspecified atom stereocenters. The maximum Gasteiger partial charge on any atom is 1.00 e. The summed E-state index contributed by atoms with van der Waals surface area (Å²) in [5, 5.41) is 0. The van der Waals surface area contributed by atoms with Crippen LogP contribution in [-0.2, 0) is 4.43 Å². The van der Waals surface area contributed by atoms with Gasteiger partial charge >= 0.3 is 18.9 Å². The Hall–Kier alpha value is 0.774. The zero-order valence-electron chi connectivity index (χ0n) is 9.10. The van der Waals surface area contributed by atoms with Crippen LogP contribution in [0.5, 0.6) is 0 Å². The van der Waals surface area contributed by atoms with E-state index in [1.54, 1.807) is 0 Å². The van der Waals surface area contributed by atoms with Crippen LogP contribution < -0.4 is 18.9 Å². The number of hydrogen-bond donors (Lipinski definition) is 0. The average Bonchev–Trinajstić information content (AvgIpc) is 1.97. The minimum atomic E-state index is -0.829. The number of unbranched alkanes of at least 4 members (excludes halogenated alkanes) is 1. The Kier molecular flexibility index (Phi) is 12.5. The summed E-state index contributed by atoms with van der Waals surface area (Å²) in [6, 6.07) is 0. The van der Waals surface area contributed by atoms with E-state index in [0.29, 0.717) is 6.10 Å². The molecule has 0 aliphatic rings. The van der Waals surface area contributed by atoms with Crippen LogP contribution in [0.1, 0.15) is 32.6 Å². The summed E-state index contributed by atoms with van der Waals surface area (Å²) < 4.78 is 5.78. The Morgan fingerprint density at radius 2 is 2.00 bits per heavy atom. The molecule has 0 amide bonds. The predicted molar refractivity (Wildman–Crippen MR) is 53.2 cm³/mol. The van der Waals surface area contributed by atoms with E-state index in [0.717, 1.165) is 6.42 Å². The molecule has 0 saturated heterocycles. The molecule has 68 valence electrons. The predicted octanol–water partition coefficient (Wildman–Crippen LogP) is -0.227. The normalized spacial score (nSPS) is 12.8. The van der Waals surface area contributed by atoms with Gasteiger partial charge in [0.2, 0.25) is 0 Å². The van der Waals surface area contributed by atoms with Gasteiger partial charge in [-0.25, -0.2) is 0 Å². The van der Waals surface area contributed by atoms with Gasteiger partial charge in [-0.05, 0) is 19.5 Å². The van der Waals surface area contributed by atoms with E-state index in [2.05, 4.69) is 26.9 Å². The molecule has 1 atom stereocenters. The van der Waals surface area contributed by atoms with Crippen molar-refractivity contribution in [2.24, 2.45) is 0 Å². The van der Waals surface area contributed by atoms with Crippen LogP contribution in [0, 0.1) is 6.92 Å². The van der Waals surface area contributed by atoms with Gasteiger partial charge < -0.3 is 11.3 Å². The number of hydrogen-bond acceptors (Lipinski definition) is 1. The smallest absolute Gasteiger partial charge is 0.420 e. The fourth-order valence-electron chi connectivity index (χ4n) is 1.10. The van der Waals surface area contributed by atoms with Crippen LogP contribution in [0.4, 0.5) is 0 Å². The summed E-state index contributed by atoms with van der Waals surface area (Å²) in [6.45, 7) is 10.5. The molecule has 1 nitrogen and oxygen atoms in total. The molecular weight excluding hydrogens is 159 g/mol. The van der Waals surface area contributed by atoms with Gasteiger partial charge in [0.25, 0.3) is 0 Å². The Morgan fingerprint density at radius 1 is 1.42 bits per heavy atom. The van der Waals surface area contributed by atoms with Gasteiger partial charge in [-0.3, -0.25) is 0 Å². The Labute approximate surface area is 91.2 Å². The van der Waals surface area contributed by atoms with Crippen molar-refractivity contribution in [2.45, 2.75) is 51.8 Å². The Balaban J connectivity index is 0. The van der Waals surface area contributed by atoms with E-state index in [9.17, 15) is 0 Å². The van der Waals surface area contributed by atoms with Crippen LogP contribution in [0.15, 0.2) is 0 Å². The zero-order valence-corrected chi connectivity index (χ0v) is 10.3. The largest absolute Gasteiger partial charge is 1.00 e. The molecule has 0 spiro atoms. The minimum absolute atomic E-state index is 0. The monoisotopic (exact) mass is 180 g/mol. The maximum atomic E-state index is 5.78. The quantitative estimate of drug-likeness (QED) is 0.405. The molecule has 0 N–H and O–H groups in total. The molecule has 0 aromatic carbocycles. The van der Waals surface area contributed by atoms with E-state index < -0.39 is 9.04 Å². The molecule has 0 aromatic rings. The van der Waals surface area contributed by atoms with Crippen molar-refractivity contribution in [3.8, 4) is 0 Å². The summed E-state index contributed by atoms with van der Waals surface area (Å²) in [5.41, 5.74) is 0. The summed E-state index contributed by atoms with van der Waals surface area (Å²) in [4.78, 5) is 0. The fourth-order valence-corrected chi connectivity index (χ4v) is 2.14. The van der Waals surface area contributed by atoms with E-state index in [-0.39, 0.29) is 18.9 Å². The van der Waals surface area contributed by atoms with Crippen LogP contribution in [0.25, 0.3) is 0 Å². The first-order valence-electron chi connectivity index (χ1n) is 4.65. The molecule has 0 aliphatic carbocycles. The van der Waals surface area contributed by atoms with Gasteiger partial charge in [-0.1, -0.05) is 19.8 Å². The molecule has 12 heavy (non-hydrogen) atoms. The topological polar surface area (TPSA) is 9.23 Å². The van der Waals surface area contributed by atoms with Gasteiger partial charge in [-0.15, -0.1) is 0 Å². The first-order chi connectivity index (χ1) is 5.20. The van der Waals surface area contributed by atoms with E-state index in [4.69, 9.17) is 4.43 Å². The van der Waals surface area contributed by atoms with E-state index >= 15 is 0 Å². The second kappa shape index (κ2) is 9.86. The van der Waals surface area contributed by atoms with Crippen molar-refractivity contribution in [1.82, 2.24) is 0 Å². The van der Waals surface area contributed by atoms with Crippen molar-refractivity contribution in [3.05, 3.63) is 6.92 Å². The third kappa shape index (κ3) is 8.87. The molecule has 0 rings (SSSR count). The van der Waals surface area contributed by atoms with Crippen molar-refractivity contribution >= 4 is 9.04 Å². The van der Waals surface area contributed by atoms with E-state index in [1.165, 1.54) is 19.3 Å². The first kappa shape index (κ1) is 15.3. The summed E-state index contributed by atoms with van der Waals surface area (Å²) in [6.07, 6.45) is 5.12. The van der Waals surface area contributed by atoms with Crippen LogP contribution in [-0.4, -0.2) is 15.1 Å². The van der Waals surface area contributed by atoms with Crippen LogP contribution in [0.3, 0.4) is 0 Å². The van der Waals surface area contributed by atoms with E-state index in [1.807, 2.05) is 0 Å². The van der Waals surface area contributed by atoms with Crippen molar-refractivity contribution in [3.63, 3.8) is 0 Å². The Morgan fingerprint density at radius 3 is 2.33 bits per heavy atom. The summed E-state index contributed by atoms with van der Waals surface area (Å²) >= 11 is 0. The van der Waals surface area contributed by atoms with Gasteiger partial charge in [-0.2, -0.15) is 6.42 Å². The second-order valence-corrected chi connectivity index (χ2v) is 5.61. The SMILES string of the molecule is [CH2-]CC(CCCC)O[SiH](C)C.[Li+]. The summed E-state index contributed by atoms with van der Waals surface area (Å²) in [5.74, 6) is 0. The molecule has 0 fully saturated rings. The molecule has 0 radical (unpaired) electrons. The van der Waals surface area contributed by atoms with Crippen molar-refractivity contribution in [1.29, 1.82) is 0 Å². The molecule has 3 heteroatoms. The molecule has 0 saturated carbocycles. The van der Waals surface area contributed by atoms with Crippen LogP contribution >= 0.6 is 0 Å². The molecule has 0 heterocycles. The molecule has 0 aromatic heterocycles. The third-order valence-corrected chi connectivity index (χ3v) is 2.60. The van der Waals surface area contributed by atoms with Gasteiger partial charge in [0.1, 0.15) is 0 Å². The van der Waals surface area contributed by atoms with Crippen molar-refractivity contribution in [2.75, 3.05) is 0 Å². The van der Waals surface area contributed by atoms with Crippen LogP contribution in [0.2, 0.25) is 13.1 Å². The minimum Gasteiger partial charge on any atom is -0.420 e. The molecular formula is C9H21LiOSi. The molecule has 0 bridgehead atoms. The van der Waals surface area contributed by atoms with Crippen molar-refractivity contribution < 1.29 is 23.3 Å². The summed E-state index contributed by atoms with van der Waals surface area (Å²) in [7, 11) is -0.829. The van der Waals surface area contributed by atoms with Gasteiger partial charge in [0, 0.05) is 6.10 Å². The zero-order chi connectivity index (χ0) is 8.69. The standard InChI is InChI=1S/C9H21OSi.Li/c1-5-7-8-9(6-2)10-11(3)4;/h9,11H,2,5-8H2,1,3-4H3;/q-1;+1. The van der Waals surface area contributed by atoms with Gasteiger partial charge in [0.05, 0.1) is 0 Å². The molecule has 0 aliphatic heterocycles. The van der Waals surface area contributed by atoms with Gasteiger partial charge in [0.15, 0.2) is 9.04 Å². The average molecular weight is 180 g/mol. The number of rotatable bonds is 6. The fraction of sp³-hybridized carbons (Fsp3) is 0.889. The Bertz CT molecular complexity index is 88.6. The first-order valence-corrected chi connectivity index (χ1v) is 7.43. The maximum absolute atomic E-state index is 5.78. The third-order valence-electron chi connectivity index (χ3n) is 1.67. The second-order valence-electron chi connectivity index (χ2n) is 3.24.